The van der Waals surface area contributed by atoms with Crippen LogP contribution >= 0.6 is 0 Å². The van der Waals surface area contributed by atoms with Gasteiger partial charge in [0.05, 0.1) is 0 Å². The maximum absolute atomic E-state index is 12.6. The van der Waals surface area contributed by atoms with E-state index in [9.17, 15) is 4.79 Å². The van der Waals surface area contributed by atoms with Crippen LogP contribution in [0.3, 0.4) is 0 Å². The van der Waals surface area contributed by atoms with Gasteiger partial charge in [0.2, 0.25) is 0 Å². The van der Waals surface area contributed by atoms with Gasteiger partial charge in [0.1, 0.15) is 18.2 Å². The van der Waals surface area contributed by atoms with E-state index in [2.05, 4.69) is 10.3 Å². The lowest BCUT2D eigenvalue weighted by molar-refractivity contribution is 0.0950. The topological polar surface area (TPSA) is 56.2 Å². The highest BCUT2D eigenvalue weighted by Gasteiger charge is 2.07. The number of hydrogen-bond acceptors (Lipinski definition) is 3. The van der Waals surface area contributed by atoms with Gasteiger partial charge in [-0.05, 0) is 48.4 Å². The van der Waals surface area contributed by atoms with Crippen LogP contribution in [-0.2, 0) is 13.2 Å². The van der Waals surface area contributed by atoms with Crippen LogP contribution in [0.4, 0.5) is 0 Å². The summed E-state index contributed by atoms with van der Waals surface area (Å²) in [7, 11) is 0. The number of aromatic nitrogens is 2. The largest absolute Gasteiger partial charge is 0.489 e. The summed E-state index contributed by atoms with van der Waals surface area (Å²) in [6.45, 7) is 2.89. The molecule has 0 saturated carbocycles. The maximum atomic E-state index is 12.6. The Morgan fingerprint density at radius 3 is 2.50 bits per heavy atom. The van der Waals surface area contributed by atoms with Crippen LogP contribution < -0.4 is 10.1 Å². The molecule has 4 rings (SSSR count). The zero-order valence-corrected chi connectivity index (χ0v) is 16.8. The van der Waals surface area contributed by atoms with Gasteiger partial charge in [-0.15, -0.1) is 0 Å². The van der Waals surface area contributed by atoms with Crippen molar-refractivity contribution in [2.45, 2.75) is 20.1 Å². The maximum Gasteiger partial charge on any atom is 0.251 e. The number of carbonyl (C=O) groups excluding carboxylic acids is 1. The molecule has 150 valence electrons. The van der Waals surface area contributed by atoms with Gasteiger partial charge in [0.15, 0.2) is 0 Å². The van der Waals surface area contributed by atoms with Crippen molar-refractivity contribution in [3.63, 3.8) is 0 Å². The Labute approximate surface area is 176 Å². The van der Waals surface area contributed by atoms with E-state index in [4.69, 9.17) is 4.74 Å². The predicted molar refractivity (Wildman–Crippen MR) is 117 cm³/mol. The molecule has 0 aliphatic rings. The zero-order chi connectivity index (χ0) is 20.8. The molecular formula is C25H23N3O2. The Bertz CT molecular complexity index is 1120. The summed E-state index contributed by atoms with van der Waals surface area (Å²) in [5.74, 6) is 1.48. The highest BCUT2D eigenvalue weighted by atomic mass is 16.5. The molecule has 4 aromatic rings. The lowest BCUT2D eigenvalue weighted by Gasteiger charge is -2.10. The number of aryl methyl sites for hydroxylation is 1. The third-order valence-electron chi connectivity index (χ3n) is 4.84. The van der Waals surface area contributed by atoms with Gasteiger partial charge in [-0.25, -0.2) is 4.98 Å². The highest BCUT2D eigenvalue weighted by Crippen LogP contribution is 2.16. The molecule has 5 nitrogen and oxygen atoms in total. The van der Waals surface area contributed by atoms with Crippen LogP contribution in [0.15, 0.2) is 91.3 Å². The lowest BCUT2D eigenvalue weighted by atomic mass is 10.1. The molecular weight excluding hydrogens is 374 g/mol. The fourth-order valence-electron chi connectivity index (χ4n) is 3.18. The Balaban J connectivity index is 1.34. The lowest BCUT2D eigenvalue weighted by Crippen LogP contribution is -2.22. The molecule has 0 aliphatic carbocycles. The molecule has 3 aromatic carbocycles. The minimum Gasteiger partial charge on any atom is -0.489 e. The van der Waals surface area contributed by atoms with Crippen molar-refractivity contribution in [1.29, 1.82) is 0 Å². The van der Waals surface area contributed by atoms with E-state index >= 15 is 0 Å². The number of benzene rings is 3. The molecule has 0 atom stereocenters. The standard InChI is InChI=1S/C25H23N3O2/c1-19-26-14-15-28(19)23-12-10-20(11-13-23)17-27-25(29)22-8-5-9-24(16-22)30-18-21-6-3-2-4-7-21/h2-16H,17-18H2,1H3,(H,27,29). The van der Waals surface area contributed by atoms with E-state index in [1.54, 1.807) is 18.3 Å². The molecule has 5 heteroatoms. The van der Waals surface area contributed by atoms with Crippen molar-refractivity contribution in [3.8, 4) is 11.4 Å². The number of imidazole rings is 1. The van der Waals surface area contributed by atoms with Crippen molar-refractivity contribution in [2.24, 2.45) is 0 Å². The fraction of sp³-hybridized carbons (Fsp3) is 0.120. The molecule has 1 heterocycles. The predicted octanol–water partition coefficient (Wildman–Crippen LogP) is 4.69. The van der Waals surface area contributed by atoms with E-state index in [0.717, 1.165) is 22.6 Å². The van der Waals surface area contributed by atoms with E-state index in [1.807, 2.05) is 84.4 Å². The van der Waals surface area contributed by atoms with Crippen molar-refractivity contribution >= 4 is 5.91 Å². The van der Waals surface area contributed by atoms with Gasteiger partial charge in [-0.1, -0.05) is 48.5 Å². The van der Waals surface area contributed by atoms with Crippen molar-refractivity contribution in [3.05, 3.63) is 114 Å². The quantitative estimate of drug-likeness (QED) is 0.492. The van der Waals surface area contributed by atoms with Gasteiger partial charge in [-0.2, -0.15) is 0 Å². The molecule has 0 aliphatic heterocycles. The first-order chi connectivity index (χ1) is 14.7. The van der Waals surface area contributed by atoms with Gasteiger partial charge in [-0.3, -0.25) is 4.79 Å². The second-order valence-corrected chi connectivity index (χ2v) is 7.00. The zero-order valence-electron chi connectivity index (χ0n) is 16.8. The second kappa shape index (κ2) is 9.09. The SMILES string of the molecule is Cc1nccn1-c1ccc(CNC(=O)c2cccc(OCc3ccccc3)c2)cc1. The van der Waals surface area contributed by atoms with Crippen molar-refractivity contribution in [1.82, 2.24) is 14.9 Å². The first-order valence-electron chi connectivity index (χ1n) is 9.83. The van der Waals surface area contributed by atoms with Crippen LogP contribution in [0.2, 0.25) is 0 Å². The number of hydrogen-bond donors (Lipinski definition) is 1. The number of rotatable bonds is 7. The average molecular weight is 397 g/mol. The monoisotopic (exact) mass is 397 g/mol. The van der Waals surface area contributed by atoms with Gasteiger partial charge in [0.25, 0.3) is 5.91 Å². The Morgan fingerprint density at radius 1 is 0.967 bits per heavy atom. The molecule has 30 heavy (non-hydrogen) atoms. The Hall–Kier alpha value is -3.86. The smallest absolute Gasteiger partial charge is 0.251 e. The molecule has 0 fully saturated rings. The molecule has 0 unspecified atom stereocenters. The van der Waals surface area contributed by atoms with Crippen LogP contribution in [-0.4, -0.2) is 15.5 Å². The third kappa shape index (κ3) is 4.75. The summed E-state index contributed by atoms with van der Waals surface area (Å²) in [5.41, 5.74) is 3.73. The highest BCUT2D eigenvalue weighted by molar-refractivity contribution is 5.94. The van der Waals surface area contributed by atoms with Crippen LogP contribution in [0.5, 0.6) is 5.75 Å². The number of amides is 1. The second-order valence-electron chi connectivity index (χ2n) is 7.00. The van der Waals surface area contributed by atoms with Gasteiger partial charge in [0, 0.05) is 30.2 Å². The van der Waals surface area contributed by atoms with Crippen LogP contribution in [0.1, 0.15) is 27.3 Å². The minimum absolute atomic E-state index is 0.130. The summed E-state index contributed by atoms with van der Waals surface area (Å²) in [6, 6.07) is 25.3. The average Bonchev–Trinajstić information content (AvgIpc) is 3.23. The number of nitrogens with zero attached hydrogens (tertiary/aromatic N) is 2. The van der Waals surface area contributed by atoms with E-state index in [1.165, 1.54) is 0 Å². The van der Waals surface area contributed by atoms with E-state index in [-0.39, 0.29) is 5.91 Å². The Morgan fingerprint density at radius 2 is 1.77 bits per heavy atom. The molecule has 1 N–H and O–H groups in total. The van der Waals surface area contributed by atoms with Crippen LogP contribution in [0.25, 0.3) is 5.69 Å². The Kier molecular flexibility index (Phi) is 5.90. The summed E-state index contributed by atoms with van der Waals surface area (Å²) in [4.78, 5) is 16.8. The molecule has 1 aromatic heterocycles. The molecule has 1 amide bonds. The summed E-state index contributed by atoms with van der Waals surface area (Å²) >= 11 is 0. The first-order valence-corrected chi connectivity index (χ1v) is 9.83. The normalized spacial score (nSPS) is 10.6. The van der Waals surface area contributed by atoms with Crippen molar-refractivity contribution in [2.75, 3.05) is 0 Å². The summed E-state index contributed by atoms with van der Waals surface area (Å²) < 4.78 is 7.83. The van der Waals surface area contributed by atoms with Crippen LogP contribution in [0, 0.1) is 6.92 Å². The van der Waals surface area contributed by atoms with Gasteiger partial charge < -0.3 is 14.6 Å². The molecule has 0 saturated heterocycles. The van der Waals surface area contributed by atoms with E-state index in [0.29, 0.717) is 24.5 Å². The van der Waals surface area contributed by atoms with Gasteiger partial charge >= 0.3 is 0 Å². The minimum atomic E-state index is -0.130. The number of ether oxygens (including phenoxy) is 1. The molecule has 0 radical (unpaired) electrons. The first kappa shape index (κ1) is 19.5. The fourth-order valence-corrected chi connectivity index (χ4v) is 3.18. The number of nitrogens with one attached hydrogen (secondary N) is 1. The molecule has 0 spiro atoms. The summed E-state index contributed by atoms with van der Waals surface area (Å²) in [5, 5.41) is 2.97. The molecule has 0 bridgehead atoms. The third-order valence-corrected chi connectivity index (χ3v) is 4.84. The van der Waals surface area contributed by atoms with Crippen molar-refractivity contribution < 1.29 is 9.53 Å². The van der Waals surface area contributed by atoms with E-state index < -0.39 is 0 Å². The number of carbonyl (C=O) groups is 1. The summed E-state index contributed by atoms with van der Waals surface area (Å²) in [6.07, 6.45) is 3.71.